The number of ketones is 1. The van der Waals surface area contributed by atoms with Gasteiger partial charge in [0.25, 0.3) is 0 Å². The Kier molecular flexibility index (Phi) is 2.68. The summed E-state index contributed by atoms with van der Waals surface area (Å²) in [5, 5.41) is 1.79. The molecule has 0 spiro atoms. The number of rotatable bonds is 2. The minimum absolute atomic E-state index is 0.206. The maximum atomic E-state index is 12.5. The van der Waals surface area contributed by atoms with Gasteiger partial charge >= 0.3 is 0 Å². The molecular formula is C15H11N3O. The molecule has 4 heteroatoms. The maximum absolute atomic E-state index is 12.5. The van der Waals surface area contributed by atoms with Gasteiger partial charge in [-0.1, -0.05) is 24.3 Å². The van der Waals surface area contributed by atoms with Gasteiger partial charge in [-0.3, -0.25) is 14.8 Å². The highest BCUT2D eigenvalue weighted by Crippen LogP contribution is 2.21. The number of hydrogen-bond donors (Lipinski definition) is 1. The average Bonchev–Trinajstić information content (AvgIpc) is 2.46. The highest BCUT2D eigenvalue weighted by Gasteiger charge is 2.16. The first-order valence-electron chi connectivity index (χ1n) is 5.85. The van der Waals surface area contributed by atoms with Crippen LogP contribution >= 0.6 is 0 Å². The van der Waals surface area contributed by atoms with E-state index >= 15 is 0 Å². The molecule has 0 aliphatic rings. The Hall–Kier alpha value is -2.75. The molecule has 0 bridgehead atoms. The number of carbonyl (C=O) groups excluding carboxylic acids is 1. The van der Waals surface area contributed by atoms with Gasteiger partial charge in [0.1, 0.15) is 5.69 Å². The van der Waals surface area contributed by atoms with Crippen LogP contribution in [0.25, 0.3) is 10.8 Å². The average molecular weight is 249 g/mol. The van der Waals surface area contributed by atoms with Gasteiger partial charge in [0.15, 0.2) is 0 Å². The molecule has 2 heterocycles. The lowest BCUT2D eigenvalue weighted by molar-refractivity contribution is 0.103. The summed E-state index contributed by atoms with van der Waals surface area (Å²) < 4.78 is 0. The van der Waals surface area contributed by atoms with Crippen LogP contribution in [-0.2, 0) is 0 Å². The van der Waals surface area contributed by atoms with Crippen LogP contribution in [-0.4, -0.2) is 15.8 Å². The van der Waals surface area contributed by atoms with E-state index in [0.29, 0.717) is 16.9 Å². The maximum Gasteiger partial charge on any atom is 0.215 e. The van der Waals surface area contributed by atoms with E-state index in [4.69, 9.17) is 5.73 Å². The van der Waals surface area contributed by atoms with Crippen LogP contribution in [0.15, 0.2) is 55.0 Å². The number of aromatic nitrogens is 2. The Labute approximate surface area is 109 Å². The number of carbonyl (C=O) groups is 1. The van der Waals surface area contributed by atoms with Crippen molar-refractivity contribution in [1.82, 2.24) is 9.97 Å². The zero-order valence-electron chi connectivity index (χ0n) is 10.1. The molecule has 3 rings (SSSR count). The molecule has 19 heavy (non-hydrogen) atoms. The second-order valence-corrected chi connectivity index (χ2v) is 4.17. The summed E-state index contributed by atoms with van der Waals surface area (Å²) in [6.45, 7) is 0. The van der Waals surface area contributed by atoms with E-state index in [1.54, 1.807) is 18.5 Å². The van der Waals surface area contributed by atoms with Crippen molar-refractivity contribution in [2.24, 2.45) is 0 Å². The van der Waals surface area contributed by atoms with Crippen LogP contribution in [0, 0.1) is 0 Å². The monoisotopic (exact) mass is 249 g/mol. The Bertz CT molecular complexity index is 763. The molecule has 92 valence electrons. The predicted molar refractivity (Wildman–Crippen MR) is 73.8 cm³/mol. The Morgan fingerprint density at radius 1 is 1.05 bits per heavy atom. The number of nitrogen functional groups attached to an aromatic ring is 1. The summed E-state index contributed by atoms with van der Waals surface area (Å²) in [6, 6.07) is 11.1. The topological polar surface area (TPSA) is 68.9 Å². The third-order valence-electron chi connectivity index (χ3n) is 2.99. The first kappa shape index (κ1) is 11.3. The molecule has 0 saturated heterocycles. The molecule has 0 saturated carbocycles. The van der Waals surface area contributed by atoms with E-state index in [0.717, 1.165) is 10.8 Å². The van der Waals surface area contributed by atoms with Gasteiger partial charge in [0, 0.05) is 29.7 Å². The molecule has 0 amide bonds. The number of fused-ring (bicyclic) bond motifs is 1. The Morgan fingerprint density at radius 3 is 2.74 bits per heavy atom. The highest BCUT2D eigenvalue weighted by atomic mass is 16.1. The zero-order chi connectivity index (χ0) is 13.2. The van der Waals surface area contributed by atoms with E-state index in [1.807, 2.05) is 30.3 Å². The molecule has 2 N–H and O–H groups in total. The van der Waals surface area contributed by atoms with Crippen molar-refractivity contribution in [3.05, 3.63) is 66.2 Å². The van der Waals surface area contributed by atoms with E-state index in [-0.39, 0.29) is 5.78 Å². The number of nitrogens with zero attached hydrogens (tertiary/aromatic N) is 2. The van der Waals surface area contributed by atoms with Gasteiger partial charge < -0.3 is 5.73 Å². The van der Waals surface area contributed by atoms with Crippen molar-refractivity contribution in [3.8, 4) is 0 Å². The minimum Gasteiger partial charge on any atom is -0.398 e. The third kappa shape index (κ3) is 1.93. The second kappa shape index (κ2) is 4.49. The van der Waals surface area contributed by atoms with Crippen LogP contribution in [0.4, 0.5) is 5.69 Å². The molecule has 1 aromatic carbocycles. The molecule has 0 radical (unpaired) electrons. The quantitative estimate of drug-likeness (QED) is 0.708. The van der Waals surface area contributed by atoms with Gasteiger partial charge in [0.05, 0.1) is 5.56 Å². The summed E-state index contributed by atoms with van der Waals surface area (Å²) in [7, 11) is 0. The Balaban J connectivity index is 2.20. The van der Waals surface area contributed by atoms with Crippen LogP contribution in [0.1, 0.15) is 16.1 Å². The molecule has 0 unspecified atom stereocenters. The second-order valence-electron chi connectivity index (χ2n) is 4.17. The molecular weight excluding hydrogens is 238 g/mol. The van der Waals surface area contributed by atoms with E-state index in [1.165, 1.54) is 6.20 Å². The van der Waals surface area contributed by atoms with E-state index < -0.39 is 0 Å². The minimum atomic E-state index is -0.206. The Morgan fingerprint density at radius 2 is 1.89 bits per heavy atom. The lowest BCUT2D eigenvalue weighted by Crippen LogP contribution is -2.08. The van der Waals surface area contributed by atoms with E-state index in [9.17, 15) is 4.79 Å². The van der Waals surface area contributed by atoms with Crippen molar-refractivity contribution in [3.63, 3.8) is 0 Å². The fourth-order valence-corrected chi connectivity index (χ4v) is 2.02. The van der Waals surface area contributed by atoms with Crippen molar-refractivity contribution in [1.29, 1.82) is 0 Å². The van der Waals surface area contributed by atoms with Gasteiger partial charge in [-0.2, -0.15) is 0 Å². The number of benzene rings is 1. The van der Waals surface area contributed by atoms with Crippen LogP contribution in [0.3, 0.4) is 0 Å². The third-order valence-corrected chi connectivity index (χ3v) is 2.99. The fraction of sp³-hybridized carbons (Fsp3) is 0. The van der Waals surface area contributed by atoms with Crippen LogP contribution < -0.4 is 5.73 Å². The number of nitrogens with two attached hydrogens (primary N) is 1. The summed E-state index contributed by atoms with van der Waals surface area (Å²) in [6.07, 6.45) is 4.66. The largest absolute Gasteiger partial charge is 0.398 e. The van der Waals surface area contributed by atoms with Crippen molar-refractivity contribution in [2.75, 3.05) is 5.73 Å². The standard InChI is InChI=1S/C15H11N3O/c16-13-6-7-17-9-12(13)15(19)14-11-4-2-1-3-10(11)5-8-18-14/h1-9H,(H2,16,17). The summed E-state index contributed by atoms with van der Waals surface area (Å²) in [5.41, 5.74) is 7.01. The molecule has 0 aliphatic carbocycles. The number of pyridine rings is 2. The molecule has 4 nitrogen and oxygen atoms in total. The van der Waals surface area contributed by atoms with Crippen molar-refractivity contribution >= 4 is 22.2 Å². The van der Waals surface area contributed by atoms with Gasteiger partial charge in [-0.25, -0.2) is 0 Å². The lowest BCUT2D eigenvalue weighted by Gasteiger charge is -2.06. The van der Waals surface area contributed by atoms with Crippen molar-refractivity contribution in [2.45, 2.75) is 0 Å². The molecule has 0 aliphatic heterocycles. The van der Waals surface area contributed by atoms with Gasteiger partial charge in [-0.15, -0.1) is 0 Å². The molecule has 0 atom stereocenters. The fourth-order valence-electron chi connectivity index (χ4n) is 2.02. The van der Waals surface area contributed by atoms with Gasteiger partial charge in [-0.05, 0) is 17.5 Å². The summed E-state index contributed by atoms with van der Waals surface area (Å²) in [5.74, 6) is -0.206. The van der Waals surface area contributed by atoms with Crippen LogP contribution in [0.5, 0.6) is 0 Å². The molecule has 2 aromatic heterocycles. The molecule has 0 fully saturated rings. The SMILES string of the molecule is Nc1ccncc1C(=O)c1nccc2ccccc12. The van der Waals surface area contributed by atoms with Crippen molar-refractivity contribution < 1.29 is 4.79 Å². The van der Waals surface area contributed by atoms with Crippen LogP contribution in [0.2, 0.25) is 0 Å². The summed E-state index contributed by atoms with van der Waals surface area (Å²) in [4.78, 5) is 20.6. The lowest BCUT2D eigenvalue weighted by atomic mass is 10.0. The molecule has 3 aromatic rings. The normalized spacial score (nSPS) is 10.5. The first-order chi connectivity index (χ1) is 9.27. The predicted octanol–water partition coefficient (Wildman–Crippen LogP) is 2.44. The van der Waals surface area contributed by atoms with E-state index in [2.05, 4.69) is 9.97 Å². The smallest absolute Gasteiger partial charge is 0.215 e. The number of hydrogen-bond acceptors (Lipinski definition) is 4. The van der Waals surface area contributed by atoms with Gasteiger partial charge in [0.2, 0.25) is 5.78 Å². The first-order valence-corrected chi connectivity index (χ1v) is 5.85. The highest BCUT2D eigenvalue weighted by molar-refractivity contribution is 6.16. The summed E-state index contributed by atoms with van der Waals surface area (Å²) >= 11 is 0. The zero-order valence-corrected chi connectivity index (χ0v) is 10.1. The number of anilines is 1.